The van der Waals surface area contributed by atoms with E-state index in [0.717, 1.165) is 46.6 Å². The Bertz CT molecular complexity index is 1130. The number of nitrogens with zero attached hydrogens (tertiary/aromatic N) is 4. The molecule has 7 heteroatoms. The molecule has 1 aliphatic rings. The Labute approximate surface area is 189 Å². The maximum Gasteiger partial charge on any atom is 0.255 e. The Morgan fingerprint density at radius 2 is 1.91 bits per heavy atom. The van der Waals surface area contributed by atoms with Gasteiger partial charge in [-0.05, 0) is 56.9 Å². The van der Waals surface area contributed by atoms with E-state index in [9.17, 15) is 4.79 Å². The van der Waals surface area contributed by atoms with Gasteiger partial charge < -0.3 is 14.4 Å². The molecule has 3 aromatic rings. The van der Waals surface area contributed by atoms with Crippen molar-refractivity contribution < 1.29 is 14.3 Å². The fourth-order valence-electron chi connectivity index (χ4n) is 3.98. The molecule has 1 aromatic carbocycles. The molecule has 0 unspecified atom stereocenters. The van der Waals surface area contributed by atoms with Crippen LogP contribution in [0, 0.1) is 0 Å². The maximum absolute atomic E-state index is 13.9. The average molecular weight is 437 g/mol. The highest BCUT2D eigenvalue weighted by Gasteiger charge is 2.35. The molecule has 1 aliphatic carbocycles. The number of rotatable bonds is 8. The topological polar surface area (TPSA) is 69.5 Å². The summed E-state index contributed by atoms with van der Waals surface area (Å²) in [5, 5.41) is 5.34. The summed E-state index contributed by atoms with van der Waals surface area (Å²) in [4.78, 5) is 20.7. The van der Waals surface area contributed by atoms with Crippen molar-refractivity contribution in [1.29, 1.82) is 0 Å². The lowest BCUT2D eigenvalue weighted by atomic mass is 10.0. The zero-order valence-electron chi connectivity index (χ0n) is 19.8. The number of carbonyl (C=O) groups excluding carboxylic acids is 1. The standard InChI is InChI=1S/C25H32N4O3/c1-15(2)22-12-20(21-13-26-29(16(3)4)24(21)27-22)25(30)28(18-7-8-18)14-17-11-19(31-5)9-10-23(17)32-6/h9-13,15-16,18H,7-8,14H2,1-6H3. The van der Waals surface area contributed by atoms with E-state index in [4.69, 9.17) is 14.5 Å². The summed E-state index contributed by atoms with van der Waals surface area (Å²) in [6.45, 7) is 8.80. The first-order valence-electron chi connectivity index (χ1n) is 11.2. The minimum Gasteiger partial charge on any atom is -0.497 e. The van der Waals surface area contributed by atoms with Crippen molar-refractivity contribution in [2.24, 2.45) is 0 Å². The van der Waals surface area contributed by atoms with Gasteiger partial charge in [-0.1, -0.05) is 13.8 Å². The number of amides is 1. The molecule has 1 fully saturated rings. The minimum absolute atomic E-state index is 0.00924. The number of hydrogen-bond donors (Lipinski definition) is 0. The van der Waals surface area contributed by atoms with Crippen molar-refractivity contribution in [3.8, 4) is 11.5 Å². The molecule has 0 atom stereocenters. The van der Waals surface area contributed by atoms with Crippen LogP contribution in [0.2, 0.25) is 0 Å². The third-order valence-electron chi connectivity index (χ3n) is 5.97. The smallest absolute Gasteiger partial charge is 0.255 e. The number of ether oxygens (including phenoxy) is 2. The summed E-state index contributed by atoms with van der Waals surface area (Å²) in [6, 6.07) is 8.03. The SMILES string of the molecule is COc1ccc(OC)c(CN(C(=O)c2cc(C(C)C)nc3c2cnn3C(C)C)C2CC2)c1. The second-order valence-corrected chi connectivity index (χ2v) is 9.01. The molecule has 4 rings (SSSR count). The second-order valence-electron chi connectivity index (χ2n) is 9.01. The summed E-state index contributed by atoms with van der Waals surface area (Å²) in [7, 11) is 3.29. The quantitative estimate of drug-likeness (QED) is 0.499. The van der Waals surface area contributed by atoms with Crippen LogP contribution in [-0.2, 0) is 6.54 Å². The Kier molecular flexibility index (Phi) is 6.09. The molecule has 0 radical (unpaired) electrons. The van der Waals surface area contributed by atoms with Crippen molar-refractivity contribution in [1.82, 2.24) is 19.7 Å². The third-order valence-corrected chi connectivity index (χ3v) is 5.97. The number of carbonyl (C=O) groups is 1. The lowest BCUT2D eigenvalue weighted by Gasteiger charge is -2.25. The summed E-state index contributed by atoms with van der Waals surface area (Å²) < 4.78 is 12.9. The number of hydrogen-bond acceptors (Lipinski definition) is 5. The minimum atomic E-state index is 0.00924. The third kappa shape index (κ3) is 4.16. The zero-order valence-corrected chi connectivity index (χ0v) is 19.8. The van der Waals surface area contributed by atoms with Crippen LogP contribution in [0.3, 0.4) is 0 Å². The van der Waals surface area contributed by atoms with Gasteiger partial charge in [-0.15, -0.1) is 0 Å². The number of fused-ring (bicyclic) bond motifs is 1. The molecule has 170 valence electrons. The number of methoxy groups -OCH3 is 2. The fraction of sp³-hybridized carbons (Fsp3) is 0.480. The lowest BCUT2D eigenvalue weighted by molar-refractivity contribution is 0.0730. The number of aromatic nitrogens is 3. The van der Waals surface area contributed by atoms with E-state index in [1.807, 2.05) is 33.8 Å². The van der Waals surface area contributed by atoms with Crippen LogP contribution in [-0.4, -0.2) is 45.8 Å². The van der Waals surface area contributed by atoms with E-state index in [2.05, 4.69) is 32.8 Å². The highest BCUT2D eigenvalue weighted by atomic mass is 16.5. The number of pyridine rings is 1. The fourth-order valence-corrected chi connectivity index (χ4v) is 3.98. The van der Waals surface area contributed by atoms with Crippen LogP contribution >= 0.6 is 0 Å². The Balaban J connectivity index is 1.78. The van der Waals surface area contributed by atoms with Crippen molar-refractivity contribution in [3.05, 3.63) is 47.3 Å². The first-order valence-corrected chi connectivity index (χ1v) is 11.2. The van der Waals surface area contributed by atoms with Gasteiger partial charge in [0, 0.05) is 23.3 Å². The van der Waals surface area contributed by atoms with Crippen LogP contribution in [0.4, 0.5) is 0 Å². The largest absolute Gasteiger partial charge is 0.497 e. The monoisotopic (exact) mass is 436 g/mol. The molecule has 32 heavy (non-hydrogen) atoms. The molecular weight excluding hydrogens is 404 g/mol. The van der Waals surface area contributed by atoms with E-state index >= 15 is 0 Å². The molecule has 1 saturated carbocycles. The zero-order chi connectivity index (χ0) is 23.0. The van der Waals surface area contributed by atoms with Gasteiger partial charge in [-0.25, -0.2) is 9.67 Å². The summed E-state index contributed by atoms with van der Waals surface area (Å²) in [5.74, 6) is 1.71. The Morgan fingerprint density at radius 1 is 1.16 bits per heavy atom. The summed E-state index contributed by atoms with van der Waals surface area (Å²) >= 11 is 0. The molecule has 0 N–H and O–H groups in total. The number of benzene rings is 1. The first kappa shape index (κ1) is 22.1. The van der Waals surface area contributed by atoms with Gasteiger partial charge in [0.25, 0.3) is 5.91 Å². The van der Waals surface area contributed by atoms with Gasteiger partial charge in [0.15, 0.2) is 5.65 Å². The predicted octanol–water partition coefficient (Wildman–Crippen LogP) is 4.96. The van der Waals surface area contributed by atoms with E-state index in [1.165, 1.54) is 0 Å². The molecule has 0 bridgehead atoms. The van der Waals surface area contributed by atoms with Gasteiger partial charge in [-0.3, -0.25) is 4.79 Å². The van der Waals surface area contributed by atoms with Gasteiger partial charge in [0.05, 0.1) is 37.9 Å². The van der Waals surface area contributed by atoms with Gasteiger partial charge in [0.1, 0.15) is 11.5 Å². The molecule has 0 spiro atoms. The van der Waals surface area contributed by atoms with E-state index < -0.39 is 0 Å². The molecular formula is C25H32N4O3. The van der Waals surface area contributed by atoms with Crippen molar-refractivity contribution in [2.75, 3.05) is 14.2 Å². The molecule has 2 aromatic heterocycles. The van der Waals surface area contributed by atoms with Gasteiger partial charge >= 0.3 is 0 Å². The molecule has 7 nitrogen and oxygen atoms in total. The van der Waals surface area contributed by atoms with E-state index in [0.29, 0.717) is 12.1 Å². The molecule has 1 amide bonds. The van der Waals surface area contributed by atoms with Crippen molar-refractivity contribution in [2.45, 2.75) is 65.1 Å². The van der Waals surface area contributed by atoms with Crippen molar-refractivity contribution >= 4 is 16.9 Å². The Morgan fingerprint density at radius 3 is 2.50 bits per heavy atom. The van der Waals surface area contributed by atoms with Crippen molar-refractivity contribution in [3.63, 3.8) is 0 Å². The predicted molar refractivity (Wildman–Crippen MR) is 124 cm³/mol. The summed E-state index contributed by atoms with van der Waals surface area (Å²) in [5.41, 5.74) is 3.26. The molecule has 0 saturated heterocycles. The highest BCUT2D eigenvalue weighted by Crippen LogP contribution is 2.34. The molecule has 0 aliphatic heterocycles. The second kappa shape index (κ2) is 8.81. The van der Waals surface area contributed by atoms with E-state index in [1.54, 1.807) is 20.4 Å². The normalized spacial score (nSPS) is 13.8. The van der Waals surface area contributed by atoms with Gasteiger partial charge in [0.2, 0.25) is 0 Å². The van der Waals surface area contributed by atoms with Crippen LogP contribution in [0.15, 0.2) is 30.5 Å². The van der Waals surface area contributed by atoms with Crippen LogP contribution < -0.4 is 9.47 Å². The molecule has 2 heterocycles. The average Bonchev–Trinajstić information content (AvgIpc) is 3.53. The van der Waals surface area contributed by atoms with Crippen LogP contribution in [0.1, 0.15) is 74.1 Å². The lowest BCUT2D eigenvalue weighted by Crippen LogP contribution is -2.33. The van der Waals surface area contributed by atoms with E-state index in [-0.39, 0.29) is 23.9 Å². The Hall–Kier alpha value is -3.09. The summed E-state index contributed by atoms with van der Waals surface area (Å²) in [6.07, 6.45) is 3.79. The highest BCUT2D eigenvalue weighted by molar-refractivity contribution is 6.05. The van der Waals surface area contributed by atoms with Crippen LogP contribution in [0.25, 0.3) is 11.0 Å². The van der Waals surface area contributed by atoms with Crippen LogP contribution in [0.5, 0.6) is 11.5 Å². The van der Waals surface area contributed by atoms with Gasteiger partial charge in [-0.2, -0.15) is 5.10 Å². The maximum atomic E-state index is 13.9. The first-order chi connectivity index (χ1) is 15.3.